The maximum atomic E-state index is 9.74. The molecule has 0 saturated carbocycles. The zero-order valence-electron chi connectivity index (χ0n) is 9.15. The van der Waals surface area contributed by atoms with Gasteiger partial charge in [-0.25, -0.2) is 0 Å². The highest BCUT2D eigenvalue weighted by Gasteiger charge is 2.14. The lowest BCUT2D eigenvalue weighted by Gasteiger charge is -2.15. The van der Waals surface area contributed by atoms with Crippen molar-refractivity contribution >= 4 is 12.6 Å². The summed E-state index contributed by atoms with van der Waals surface area (Å²) in [5.41, 5.74) is 1.68. The first-order chi connectivity index (χ1) is 7.13. The lowest BCUT2D eigenvalue weighted by Crippen LogP contribution is -2.03. The van der Waals surface area contributed by atoms with Crippen LogP contribution in [0.4, 0.5) is 0 Å². The molecule has 0 aliphatic carbocycles. The molecule has 1 unspecified atom stereocenters. The van der Waals surface area contributed by atoms with Gasteiger partial charge in [0.25, 0.3) is 0 Å². The number of benzene rings is 1. The van der Waals surface area contributed by atoms with Gasteiger partial charge < -0.3 is 14.6 Å². The third kappa shape index (κ3) is 2.58. The Labute approximate surface area is 95.4 Å². The zero-order valence-corrected chi connectivity index (χ0v) is 10.0. The van der Waals surface area contributed by atoms with E-state index in [4.69, 9.17) is 9.47 Å². The summed E-state index contributed by atoms with van der Waals surface area (Å²) >= 11 is 4.06. The fraction of sp³-hybridized carbons (Fsp3) is 0.455. The minimum absolute atomic E-state index is 0.350. The van der Waals surface area contributed by atoms with Crippen molar-refractivity contribution in [1.82, 2.24) is 0 Å². The van der Waals surface area contributed by atoms with E-state index in [-0.39, 0.29) is 0 Å². The van der Waals surface area contributed by atoms with Gasteiger partial charge >= 0.3 is 0 Å². The molecule has 1 aromatic carbocycles. The lowest BCUT2D eigenvalue weighted by molar-refractivity contribution is 0.199. The molecule has 3 nitrogen and oxygen atoms in total. The van der Waals surface area contributed by atoms with Crippen molar-refractivity contribution in [3.63, 3.8) is 0 Å². The number of methoxy groups -OCH3 is 2. The summed E-state index contributed by atoms with van der Waals surface area (Å²) in [6.45, 7) is 1.93. The maximum absolute atomic E-state index is 9.74. The molecule has 0 saturated heterocycles. The van der Waals surface area contributed by atoms with Gasteiger partial charge in [0.1, 0.15) is 11.5 Å². The summed E-state index contributed by atoms with van der Waals surface area (Å²) in [5, 5.41) is 9.74. The second-order valence-corrected chi connectivity index (χ2v) is 3.63. The predicted octanol–water partition coefficient (Wildman–Crippen LogP) is 1.98. The van der Waals surface area contributed by atoms with Crippen LogP contribution in [0.1, 0.15) is 17.2 Å². The van der Waals surface area contributed by atoms with Gasteiger partial charge in [-0.05, 0) is 24.6 Å². The van der Waals surface area contributed by atoms with Crippen molar-refractivity contribution in [3.8, 4) is 11.5 Å². The molecule has 4 heteroatoms. The average molecular weight is 228 g/mol. The van der Waals surface area contributed by atoms with Crippen LogP contribution in [0.25, 0.3) is 0 Å². The Morgan fingerprint density at radius 2 is 1.87 bits per heavy atom. The second kappa shape index (κ2) is 5.28. The highest BCUT2D eigenvalue weighted by Crippen LogP contribution is 2.32. The van der Waals surface area contributed by atoms with Gasteiger partial charge in [-0.15, -0.1) is 0 Å². The topological polar surface area (TPSA) is 38.7 Å². The Balaban J connectivity index is 3.22. The summed E-state index contributed by atoms with van der Waals surface area (Å²) < 4.78 is 10.4. The molecule has 0 fully saturated rings. The van der Waals surface area contributed by atoms with Crippen LogP contribution in [-0.4, -0.2) is 25.1 Å². The molecule has 0 amide bonds. The SMILES string of the molecule is COc1cc(C(O)CS)c(OC)cc1C. The van der Waals surface area contributed by atoms with Crippen molar-refractivity contribution in [3.05, 3.63) is 23.3 Å². The van der Waals surface area contributed by atoms with E-state index in [9.17, 15) is 5.11 Å². The van der Waals surface area contributed by atoms with Gasteiger partial charge in [-0.2, -0.15) is 12.6 Å². The number of aliphatic hydroxyl groups excluding tert-OH is 1. The van der Waals surface area contributed by atoms with Crippen LogP contribution in [0.3, 0.4) is 0 Å². The maximum Gasteiger partial charge on any atom is 0.125 e. The first-order valence-corrected chi connectivity index (χ1v) is 5.28. The van der Waals surface area contributed by atoms with E-state index in [0.717, 1.165) is 11.3 Å². The summed E-state index contributed by atoms with van der Waals surface area (Å²) in [6.07, 6.45) is -0.641. The highest BCUT2D eigenvalue weighted by atomic mass is 32.1. The van der Waals surface area contributed by atoms with E-state index >= 15 is 0 Å². The van der Waals surface area contributed by atoms with E-state index in [0.29, 0.717) is 17.1 Å². The standard InChI is InChI=1S/C11H16O3S/c1-7-4-11(14-3)8(9(12)6-15)5-10(7)13-2/h4-5,9,12,15H,6H2,1-3H3. The van der Waals surface area contributed by atoms with Crippen LogP contribution in [0, 0.1) is 6.92 Å². The fourth-order valence-electron chi connectivity index (χ4n) is 1.43. The summed E-state index contributed by atoms with van der Waals surface area (Å²) in [7, 11) is 3.18. The summed E-state index contributed by atoms with van der Waals surface area (Å²) in [4.78, 5) is 0. The monoisotopic (exact) mass is 228 g/mol. The second-order valence-electron chi connectivity index (χ2n) is 3.26. The third-order valence-electron chi connectivity index (χ3n) is 2.28. The van der Waals surface area contributed by atoms with E-state index in [1.54, 1.807) is 20.3 Å². The third-order valence-corrected chi connectivity index (χ3v) is 2.63. The molecule has 1 atom stereocenters. The van der Waals surface area contributed by atoms with Crippen molar-refractivity contribution in [2.75, 3.05) is 20.0 Å². The highest BCUT2D eigenvalue weighted by molar-refractivity contribution is 7.80. The number of hydrogen-bond acceptors (Lipinski definition) is 4. The predicted molar refractivity (Wildman–Crippen MR) is 63.1 cm³/mol. The molecular formula is C11H16O3S. The van der Waals surface area contributed by atoms with Gasteiger partial charge in [-0.1, -0.05) is 0 Å². The number of aryl methyl sites for hydroxylation is 1. The van der Waals surface area contributed by atoms with Crippen LogP contribution in [0.5, 0.6) is 11.5 Å². The minimum atomic E-state index is -0.641. The normalized spacial score (nSPS) is 12.3. The Morgan fingerprint density at radius 1 is 1.27 bits per heavy atom. The van der Waals surface area contributed by atoms with Gasteiger partial charge in [-0.3, -0.25) is 0 Å². The van der Waals surface area contributed by atoms with Gasteiger partial charge in [0.2, 0.25) is 0 Å². The number of rotatable bonds is 4. The van der Waals surface area contributed by atoms with Crippen LogP contribution < -0.4 is 9.47 Å². The van der Waals surface area contributed by atoms with E-state index in [1.165, 1.54) is 0 Å². The van der Waals surface area contributed by atoms with Gasteiger partial charge in [0.15, 0.2) is 0 Å². The van der Waals surface area contributed by atoms with Crippen LogP contribution >= 0.6 is 12.6 Å². The molecular weight excluding hydrogens is 212 g/mol. The minimum Gasteiger partial charge on any atom is -0.496 e. The lowest BCUT2D eigenvalue weighted by atomic mass is 10.1. The van der Waals surface area contributed by atoms with Crippen LogP contribution in [0.15, 0.2) is 12.1 Å². The van der Waals surface area contributed by atoms with Gasteiger partial charge in [0.05, 0.1) is 20.3 Å². The Morgan fingerprint density at radius 3 is 2.33 bits per heavy atom. The molecule has 0 aromatic heterocycles. The Hall–Kier alpha value is -0.870. The van der Waals surface area contributed by atoms with E-state index < -0.39 is 6.10 Å². The quantitative estimate of drug-likeness (QED) is 0.774. The molecule has 15 heavy (non-hydrogen) atoms. The van der Waals surface area contributed by atoms with Gasteiger partial charge in [0, 0.05) is 11.3 Å². The van der Waals surface area contributed by atoms with Crippen molar-refractivity contribution in [2.45, 2.75) is 13.0 Å². The molecule has 0 radical (unpaired) electrons. The van der Waals surface area contributed by atoms with Crippen LogP contribution in [0.2, 0.25) is 0 Å². The number of aliphatic hydroxyl groups is 1. The molecule has 84 valence electrons. The largest absolute Gasteiger partial charge is 0.496 e. The molecule has 0 spiro atoms. The van der Waals surface area contributed by atoms with Crippen LogP contribution in [-0.2, 0) is 0 Å². The zero-order chi connectivity index (χ0) is 11.4. The van der Waals surface area contributed by atoms with Crippen molar-refractivity contribution in [1.29, 1.82) is 0 Å². The first-order valence-electron chi connectivity index (χ1n) is 4.65. The molecule has 0 heterocycles. The van der Waals surface area contributed by atoms with E-state index in [1.807, 2.05) is 13.0 Å². The Kier molecular flexibility index (Phi) is 4.29. The van der Waals surface area contributed by atoms with Crippen molar-refractivity contribution < 1.29 is 14.6 Å². The molecule has 1 N–H and O–H groups in total. The molecule has 1 aromatic rings. The molecule has 0 aliphatic rings. The molecule has 0 bridgehead atoms. The number of ether oxygens (including phenoxy) is 2. The molecule has 0 aliphatic heterocycles. The Bertz CT molecular complexity index is 339. The number of thiol groups is 1. The van der Waals surface area contributed by atoms with Crippen molar-refractivity contribution in [2.24, 2.45) is 0 Å². The summed E-state index contributed by atoms with van der Waals surface area (Å²) in [6, 6.07) is 3.63. The fourth-order valence-corrected chi connectivity index (χ4v) is 1.63. The molecule has 1 rings (SSSR count). The average Bonchev–Trinajstić information content (AvgIpc) is 2.27. The smallest absolute Gasteiger partial charge is 0.125 e. The summed E-state index contributed by atoms with van der Waals surface area (Å²) in [5.74, 6) is 1.75. The number of hydrogen-bond donors (Lipinski definition) is 2. The first kappa shape index (κ1) is 12.2. The van der Waals surface area contributed by atoms with E-state index in [2.05, 4.69) is 12.6 Å².